The number of hydrogen-bond acceptors (Lipinski definition) is 4. The summed E-state index contributed by atoms with van der Waals surface area (Å²) in [5.74, 6) is 0. The highest BCUT2D eigenvalue weighted by Gasteiger charge is 2.08. The summed E-state index contributed by atoms with van der Waals surface area (Å²) in [5.41, 5.74) is 0. The Labute approximate surface area is 116 Å². The molecule has 3 rings (SSSR count). The SMILES string of the molecule is c1ccc2sc(=NCCN3CCCCC3)sc2c1. The minimum Gasteiger partial charge on any atom is -0.301 e. The van der Waals surface area contributed by atoms with Gasteiger partial charge in [-0.15, -0.1) is 22.7 Å². The highest BCUT2D eigenvalue weighted by atomic mass is 32.2. The Morgan fingerprint density at radius 3 is 2.33 bits per heavy atom. The highest BCUT2D eigenvalue weighted by Crippen LogP contribution is 2.20. The fourth-order valence-electron chi connectivity index (χ4n) is 2.36. The summed E-state index contributed by atoms with van der Waals surface area (Å²) < 4.78 is 3.94. The second kappa shape index (κ2) is 5.95. The topological polar surface area (TPSA) is 15.6 Å². The second-order valence-electron chi connectivity index (χ2n) is 4.70. The van der Waals surface area contributed by atoms with Crippen molar-refractivity contribution < 1.29 is 0 Å². The largest absolute Gasteiger partial charge is 0.301 e. The smallest absolute Gasteiger partial charge is 0.167 e. The van der Waals surface area contributed by atoms with Crippen LogP contribution in [0.2, 0.25) is 0 Å². The van der Waals surface area contributed by atoms with Crippen molar-refractivity contribution in [2.45, 2.75) is 19.3 Å². The first-order chi connectivity index (χ1) is 8.92. The van der Waals surface area contributed by atoms with Crippen molar-refractivity contribution in [2.24, 2.45) is 4.99 Å². The van der Waals surface area contributed by atoms with Gasteiger partial charge in [0.1, 0.15) is 0 Å². The third-order valence-electron chi connectivity index (χ3n) is 3.35. The molecule has 1 aliphatic heterocycles. The van der Waals surface area contributed by atoms with E-state index in [0.29, 0.717) is 0 Å². The number of benzene rings is 1. The molecule has 1 aromatic carbocycles. The molecule has 18 heavy (non-hydrogen) atoms. The van der Waals surface area contributed by atoms with E-state index in [4.69, 9.17) is 4.99 Å². The summed E-state index contributed by atoms with van der Waals surface area (Å²) >= 11 is 3.63. The number of likely N-dealkylation sites (tertiary alicyclic amines) is 1. The molecule has 2 aromatic rings. The van der Waals surface area contributed by atoms with Gasteiger partial charge in [0.2, 0.25) is 0 Å². The van der Waals surface area contributed by atoms with Crippen molar-refractivity contribution in [1.82, 2.24) is 4.90 Å². The van der Waals surface area contributed by atoms with Gasteiger partial charge in [0.15, 0.2) is 3.98 Å². The van der Waals surface area contributed by atoms with E-state index in [9.17, 15) is 0 Å². The van der Waals surface area contributed by atoms with Crippen molar-refractivity contribution in [3.8, 4) is 0 Å². The maximum absolute atomic E-state index is 4.73. The van der Waals surface area contributed by atoms with Gasteiger partial charge in [-0.25, -0.2) is 0 Å². The van der Waals surface area contributed by atoms with Crippen LogP contribution >= 0.6 is 22.7 Å². The molecule has 0 atom stereocenters. The van der Waals surface area contributed by atoms with Crippen LogP contribution in [-0.4, -0.2) is 31.1 Å². The highest BCUT2D eigenvalue weighted by molar-refractivity contribution is 7.35. The van der Waals surface area contributed by atoms with Gasteiger partial charge in [0.05, 0.1) is 6.54 Å². The average molecular weight is 278 g/mol. The predicted molar refractivity (Wildman–Crippen MR) is 80.4 cm³/mol. The van der Waals surface area contributed by atoms with Crippen LogP contribution in [0.25, 0.3) is 9.40 Å². The van der Waals surface area contributed by atoms with Crippen LogP contribution in [0.5, 0.6) is 0 Å². The van der Waals surface area contributed by atoms with E-state index >= 15 is 0 Å². The summed E-state index contributed by atoms with van der Waals surface area (Å²) in [6.45, 7) is 4.61. The molecule has 0 unspecified atom stereocenters. The molecule has 0 spiro atoms. The van der Waals surface area contributed by atoms with E-state index in [-0.39, 0.29) is 0 Å². The zero-order valence-corrected chi connectivity index (χ0v) is 12.1. The quantitative estimate of drug-likeness (QED) is 0.840. The standard InChI is InChI=1S/C14H18N2S2/c1-4-9-16(10-5-1)11-8-15-14-17-12-6-2-3-7-13(12)18-14/h2-3,6-7H,1,4-5,8-11H2. The molecule has 0 radical (unpaired) electrons. The number of hydrogen-bond donors (Lipinski definition) is 0. The van der Waals surface area contributed by atoms with Crippen LogP contribution in [0, 0.1) is 0 Å². The Morgan fingerprint density at radius 2 is 1.67 bits per heavy atom. The molecule has 0 aliphatic carbocycles. The summed E-state index contributed by atoms with van der Waals surface area (Å²) in [5, 5.41) is 0. The zero-order chi connectivity index (χ0) is 12.2. The van der Waals surface area contributed by atoms with Gasteiger partial charge in [0, 0.05) is 15.9 Å². The minimum absolute atomic E-state index is 0.948. The molecule has 1 aromatic heterocycles. The van der Waals surface area contributed by atoms with Crippen LogP contribution in [0.1, 0.15) is 19.3 Å². The van der Waals surface area contributed by atoms with Gasteiger partial charge in [0.25, 0.3) is 0 Å². The maximum Gasteiger partial charge on any atom is 0.167 e. The molecule has 0 bridgehead atoms. The summed E-state index contributed by atoms with van der Waals surface area (Å²) in [6.07, 6.45) is 4.14. The van der Waals surface area contributed by atoms with Crippen molar-refractivity contribution in [2.75, 3.05) is 26.2 Å². The van der Waals surface area contributed by atoms with Crippen LogP contribution < -0.4 is 3.98 Å². The summed E-state index contributed by atoms with van der Waals surface area (Å²) in [4.78, 5) is 7.28. The second-order valence-corrected chi connectivity index (χ2v) is 7.02. The molecule has 0 N–H and O–H groups in total. The zero-order valence-electron chi connectivity index (χ0n) is 10.5. The minimum atomic E-state index is 0.948. The predicted octanol–water partition coefficient (Wildman–Crippen LogP) is 3.35. The van der Waals surface area contributed by atoms with Gasteiger partial charge < -0.3 is 4.90 Å². The number of fused-ring (bicyclic) bond motifs is 1. The molecule has 2 nitrogen and oxygen atoms in total. The van der Waals surface area contributed by atoms with Crippen molar-refractivity contribution in [3.05, 3.63) is 28.3 Å². The Balaban J connectivity index is 1.64. The molecule has 0 saturated carbocycles. The van der Waals surface area contributed by atoms with E-state index in [1.54, 1.807) is 0 Å². The maximum atomic E-state index is 4.73. The van der Waals surface area contributed by atoms with E-state index < -0.39 is 0 Å². The molecule has 0 amide bonds. The number of nitrogens with zero attached hydrogens (tertiary/aromatic N) is 2. The fraction of sp³-hybridized carbons (Fsp3) is 0.500. The molecular weight excluding hydrogens is 260 g/mol. The van der Waals surface area contributed by atoms with Crippen molar-refractivity contribution in [3.63, 3.8) is 0 Å². The number of rotatable bonds is 3. The Morgan fingerprint density at radius 1 is 1.00 bits per heavy atom. The summed E-state index contributed by atoms with van der Waals surface area (Å²) in [6, 6.07) is 8.56. The van der Waals surface area contributed by atoms with Gasteiger partial charge in [-0.1, -0.05) is 18.6 Å². The molecule has 1 aliphatic rings. The van der Waals surface area contributed by atoms with Gasteiger partial charge in [-0.3, -0.25) is 4.99 Å². The molecule has 1 saturated heterocycles. The van der Waals surface area contributed by atoms with Crippen molar-refractivity contribution >= 4 is 32.1 Å². The lowest BCUT2D eigenvalue weighted by molar-refractivity contribution is 0.235. The van der Waals surface area contributed by atoms with Gasteiger partial charge in [-0.2, -0.15) is 0 Å². The summed E-state index contributed by atoms with van der Waals surface area (Å²) in [7, 11) is 0. The number of piperidine rings is 1. The molecule has 2 heterocycles. The Bertz CT molecular complexity index is 528. The average Bonchev–Trinajstić information content (AvgIpc) is 2.82. The first-order valence-electron chi connectivity index (χ1n) is 6.63. The normalized spacial score (nSPS) is 17.1. The Kier molecular flexibility index (Phi) is 4.08. The van der Waals surface area contributed by atoms with Crippen LogP contribution in [0.3, 0.4) is 0 Å². The van der Waals surface area contributed by atoms with E-state index in [2.05, 4.69) is 29.2 Å². The third kappa shape index (κ3) is 2.99. The monoisotopic (exact) mass is 278 g/mol. The van der Waals surface area contributed by atoms with Crippen LogP contribution in [0.15, 0.2) is 29.3 Å². The lowest BCUT2D eigenvalue weighted by Gasteiger charge is -2.25. The van der Waals surface area contributed by atoms with Gasteiger partial charge in [-0.05, 0) is 38.1 Å². The lowest BCUT2D eigenvalue weighted by Crippen LogP contribution is -2.32. The third-order valence-corrected chi connectivity index (χ3v) is 5.74. The van der Waals surface area contributed by atoms with E-state index in [0.717, 1.165) is 13.1 Å². The lowest BCUT2D eigenvalue weighted by atomic mass is 10.1. The van der Waals surface area contributed by atoms with Crippen LogP contribution in [0.4, 0.5) is 0 Å². The molecule has 4 heteroatoms. The van der Waals surface area contributed by atoms with E-state index in [1.807, 2.05) is 22.7 Å². The van der Waals surface area contributed by atoms with Crippen LogP contribution in [-0.2, 0) is 0 Å². The van der Waals surface area contributed by atoms with Crippen molar-refractivity contribution in [1.29, 1.82) is 0 Å². The first-order valence-corrected chi connectivity index (χ1v) is 8.27. The Hall–Kier alpha value is -0.710. The molecular formula is C14H18N2S2. The fourth-order valence-corrected chi connectivity index (χ4v) is 4.63. The van der Waals surface area contributed by atoms with Gasteiger partial charge >= 0.3 is 0 Å². The first kappa shape index (κ1) is 12.3. The van der Waals surface area contributed by atoms with E-state index in [1.165, 1.54) is 45.7 Å². The molecule has 1 fully saturated rings. The molecule has 96 valence electrons.